The van der Waals surface area contributed by atoms with Gasteiger partial charge in [-0.15, -0.1) is 11.3 Å². The molecular weight excluding hydrogens is 314 g/mol. The lowest BCUT2D eigenvalue weighted by molar-refractivity contribution is -0.133. The van der Waals surface area contributed by atoms with Crippen molar-refractivity contribution in [3.8, 4) is 0 Å². The lowest BCUT2D eigenvalue weighted by Gasteiger charge is -2.24. The molecule has 1 saturated carbocycles. The molecule has 2 aliphatic rings. The van der Waals surface area contributed by atoms with Crippen LogP contribution in [0.4, 0.5) is 0 Å². The molecule has 4 rings (SSSR count). The predicted molar refractivity (Wildman–Crippen MR) is 90.3 cm³/mol. The van der Waals surface area contributed by atoms with E-state index < -0.39 is 0 Å². The van der Waals surface area contributed by atoms with E-state index in [-0.39, 0.29) is 5.92 Å². The molecule has 4 heteroatoms. The first kappa shape index (κ1) is 14.3. The predicted octanol–water partition coefficient (Wildman–Crippen LogP) is 4.87. The molecule has 1 amide bonds. The molecule has 2 fully saturated rings. The fourth-order valence-corrected chi connectivity index (χ4v) is 4.76. The number of hydrogen-bond donors (Lipinski definition) is 0. The first-order valence-corrected chi connectivity index (χ1v) is 9.10. The van der Waals surface area contributed by atoms with Crippen LogP contribution in [0.1, 0.15) is 41.7 Å². The van der Waals surface area contributed by atoms with Gasteiger partial charge in [0.2, 0.25) is 5.91 Å². The van der Waals surface area contributed by atoms with Crippen LogP contribution in [0.15, 0.2) is 41.8 Å². The molecule has 2 nitrogen and oxygen atoms in total. The van der Waals surface area contributed by atoms with Crippen LogP contribution in [0.5, 0.6) is 0 Å². The average Bonchev–Trinajstić information content (AvgIpc) is 2.93. The monoisotopic (exact) mass is 331 g/mol. The maximum absolute atomic E-state index is 12.9. The third kappa shape index (κ3) is 2.46. The highest BCUT2D eigenvalue weighted by molar-refractivity contribution is 7.10. The van der Waals surface area contributed by atoms with Gasteiger partial charge in [-0.05, 0) is 48.3 Å². The zero-order chi connectivity index (χ0) is 15.1. The molecule has 0 bridgehead atoms. The average molecular weight is 332 g/mol. The molecule has 0 spiro atoms. The second-order valence-electron chi connectivity index (χ2n) is 6.18. The standard InChI is InChI=1S/C18H18ClNOS/c19-15-6-2-1-5-12(15)13-11-14(13)18(21)20-9-3-7-16(20)17-8-4-10-22-17/h1-2,4-6,8,10,13-14,16H,3,7,9,11H2. The van der Waals surface area contributed by atoms with Crippen LogP contribution in [0, 0.1) is 5.92 Å². The van der Waals surface area contributed by atoms with E-state index in [0.717, 1.165) is 36.4 Å². The molecule has 1 saturated heterocycles. The Bertz CT molecular complexity index is 684. The van der Waals surface area contributed by atoms with Crippen molar-refractivity contribution in [1.29, 1.82) is 0 Å². The van der Waals surface area contributed by atoms with Crippen molar-refractivity contribution in [2.75, 3.05) is 6.54 Å². The molecule has 22 heavy (non-hydrogen) atoms. The SMILES string of the molecule is O=C(C1CC1c1ccccc1Cl)N1CCCC1c1cccs1. The molecule has 3 unspecified atom stereocenters. The largest absolute Gasteiger partial charge is 0.335 e. The van der Waals surface area contributed by atoms with Crippen LogP contribution in [0.2, 0.25) is 5.02 Å². The van der Waals surface area contributed by atoms with E-state index >= 15 is 0 Å². The number of hydrogen-bond acceptors (Lipinski definition) is 2. The summed E-state index contributed by atoms with van der Waals surface area (Å²) in [5.41, 5.74) is 1.13. The summed E-state index contributed by atoms with van der Waals surface area (Å²) in [6.07, 6.45) is 3.14. The molecule has 1 aliphatic carbocycles. The van der Waals surface area contributed by atoms with E-state index in [1.54, 1.807) is 11.3 Å². The quantitative estimate of drug-likeness (QED) is 0.785. The molecule has 3 atom stereocenters. The summed E-state index contributed by atoms with van der Waals surface area (Å²) >= 11 is 8.03. The Morgan fingerprint density at radius 3 is 2.86 bits per heavy atom. The third-order valence-electron chi connectivity index (χ3n) is 4.82. The third-order valence-corrected chi connectivity index (χ3v) is 6.14. The number of nitrogens with zero attached hydrogens (tertiary/aromatic N) is 1. The summed E-state index contributed by atoms with van der Waals surface area (Å²) in [5.74, 6) is 0.757. The van der Waals surface area contributed by atoms with Crippen molar-refractivity contribution in [3.63, 3.8) is 0 Å². The number of benzene rings is 1. The van der Waals surface area contributed by atoms with Crippen molar-refractivity contribution < 1.29 is 4.79 Å². The second-order valence-corrected chi connectivity index (χ2v) is 7.56. The van der Waals surface area contributed by atoms with Crippen LogP contribution >= 0.6 is 22.9 Å². The molecule has 1 aliphatic heterocycles. The van der Waals surface area contributed by atoms with Gasteiger partial charge in [0.25, 0.3) is 0 Å². The molecule has 2 aromatic rings. The highest BCUT2D eigenvalue weighted by Gasteiger charge is 2.48. The molecule has 1 aromatic carbocycles. The van der Waals surface area contributed by atoms with E-state index in [0.29, 0.717) is 17.9 Å². The van der Waals surface area contributed by atoms with Gasteiger partial charge in [0.05, 0.1) is 6.04 Å². The van der Waals surface area contributed by atoms with E-state index in [1.807, 2.05) is 18.2 Å². The summed E-state index contributed by atoms with van der Waals surface area (Å²) in [7, 11) is 0. The van der Waals surface area contributed by atoms with Gasteiger partial charge in [-0.1, -0.05) is 35.9 Å². The number of rotatable bonds is 3. The number of amides is 1. The van der Waals surface area contributed by atoms with Gasteiger partial charge in [-0.2, -0.15) is 0 Å². The van der Waals surface area contributed by atoms with Gasteiger partial charge < -0.3 is 4.90 Å². The molecule has 2 heterocycles. The summed E-state index contributed by atoms with van der Waals surface area (Å²) in [6.45, 7) is 0.896. The highest BCUT2D eigenvalue weighted by atomic mass is 35.5. The first-order chi connectivity index (χ1) is 10.8. The maximum atomic E-state index is 12.9. The van der Waals surface area contributed by atoms with Crippen LogP contribution in [0.25, 0.3) is 0 Å². The van der Waals surface area contributed by atoms with Gasteiger partial charge in [-0.25, -0.2) is 0 Å². The van der Waals surface area contributed by atoms with Crippen molar-refractivity contribution in [2.24, 2.45) is 5.92 Å². The number of thiophene rings is 1. The molecule has 1 aromatic heterocycles. The molecule has 114 valence electrons. The minimum atomic E-state index is 0.125. The Labute approximate surface area is 139 Å². The first-order valence-electron chi connectivity index (χ1n) is 7.84. The van der Waals surface area contributed by atoms with Crippen LogP contribution in [-0.2, 0) is 4.79 Å². The van der Waals surface area contributed by atoms with Crippen molar-refractivity contribution in [3.05, 3.63) is 57.2 Å². The van der Waals surface area contributed by atoms with Gasteiger partial charge in [-0.3, -0.25) is 4.79 Å². The minimum absolute atomic E-state index is 0.125. The maximum Gasteiger partial charge on any atom is 0.226 e. The minimum Gasteiger partial charge on any atom is -0.335 e. The normalized spacial score (nSPS) is 27.1. The van der Waals surface area contributed by atoms with Crippen LogP contribution in [0.3, 0.4) is 0 Å². The lowest BCUT2D eigenvalue weighted by atomic mass is 10.1. The van der Waals surface area contributed by atoms with Crippen LogP contribution in [-0.4, -0.2) is 17.4 Å². The van der Waals surface area contributed by atoms with E-state index in [2.05, 4.69) is 28.5 Å². The van der Waals surface area contributed by atoms with E-state index in [9.17, 15) is 4.79 Å². The van der Waals surface area contributed by atoms with Gasteiger partial charge >= 0.3 is 0 Å². The number of carbonyl (C=O) groups is 1. The fourth-order valence-electron chi connectivity index (χ4n) is 3.61. The van der Waals surface area contributed by atoms with Crippen LogP contribution < -0.4 is 0 Å². The summed E-state index contributed by atoms with van der Waals surface area (Å²) in [5, 5.41) is 2.89. The lowest BCUT2D eigenvalue weighted by Crippen LogP contribution is -2.31. The van der Waals surface area contributed by atoms with Crippen molar-refractivity contribution in [1.82, 2.24) is 4.90 Å². The zero-order valence-electron chi connectivity index (χ0n) is 12.2. The Morgan fingerprint density at radius 2 is 2.09 bits per heavy atom. The summed E-state index contributed by atoms with van der Waals surface area (Å²) < 4.78 is 0. The Kier molecular flexibility index (Phi) is 3.71. The smallest absolute Gasteiger partial charge is 0.226 e. The van der Waals surface area contributed by atoms with E-state index in [4.69, 9.17) is 11.6 Å². The Morgan fingerprint density at radius 1 is 1.23 bits per heavy atom. The van der Waals surface area contributed by atoms with Gasteiger partial charge in [0.1, 0.15) is 0 Å². The van der Waals surface area contributed by atoms with Crippen molar-refractivity contribution >= 4 is 28.8 Å². The van der Waals surface area contributed by atoms with Gasteiger partial charge in [0, 0.05) is 22.4 Å². The zero-order valence-corrected chi connectivity index (χ0v) is 13.8. The summed E-state index contributed by atoms with van der Waals surface area (Å²) in [6, 6.07) is 12.4. The fraction of sp³-hybridized carbons (Fsp3) is 0.389. The molecular formula is C18H18ClNOS. The number of carbonyl (C=O) groups excluding carboxylic acids is 1. The van der Waals surface area contributed by atoms with Gasteiger partial charge in [0.15, 0.2) is 0 Å². The highest BCUT2D eigenvalue weighted by Crippen LogP contribution is 2.52. The Hall–Kier alpha value is -1.32. The summed E-state index contributed by atoms with van der Waals surface area (Å²) in [4.78, 5) is 16.3. The molecule has 0 radical (unpaired) electrons. The van der Waals surface area contributed by atoms with Crippen molar-refractivity contribution in [2.45, 2.75) is 31.2 Å². The van der Waals surface area contributed by atoms with E-state index in [1.165, 1.54) is 4.88 Å². The number of likely N-dealkylation sites (tertiary alicyclic amines) is 1. The topological polar surface area (TPSA) is 20.3 Å². The molecule has 0 N–H and O–H groups in total. The second kappa shape index (κ2) is 5.71. The number of halogens is 1. The Balaban J connectivity index is 1.50.